The highest BCUT2D eigenvalue weighted by molar-refractivity contribution is 5.97. The standard InChI is InChI=1S/C21H19F3N6O2/c1-30-18(8-12-3-6-16-14(7-12)10-26-28-16)27-19(29-30)13-4-5-15(17(9-13)32-2)20(31)25-11-21(22,23)24/h3-7,9-10H,8,11H2,1-2H3,(H,25,31)(H,26,28). The molecule has 0 radical (unpaired) electrons. The second-order valence-corrected chi connectivity index (χ2v) is 7.16. The van der Waals surface area contributed by atoms with Crippen molar-refractivity contribution in [3.63, 3.8) is 0 Å². The summed E-state index contributed by atoms with van der Waals surface area (Å²) in [5, 5.41) is 14.2. The lowest BCUT2D eigenvalue weighted by Crippen LogP contribution is -2.33. The number of ether oxygens (including phenoxy) is 1. The van der Waals surface area contributed by atoms with Crippen molar-refractivity contribution >= 4 is 16.8 Å². The molecule has 0 fully saturated rings. The van der Waals surface area contributed by atoms with E-state index in [1.165, 1.54) is 19.2 Å². The number of hydrogen-bond donors (Lipinski definition) is 2. The van der Waals surface area contributed by atoms with E-state index in [-0.39, 0.29) is 11.3 Å². The van der Waals surface area contributed by atoms with Crippen LogP contribution in [0.3, 0.4) is 0 Å². The molecule has 166 valence electrons. The van der Waals surface area contributed by atoms with Crippen LogP contribution >= 0.6 is 0 Å². The number of halogens is 3. The van der Waals surface area contributed by atoms with E-state index in [0.29, 0.717) is 23.6 Å². The predicted molar refractivity (Wildman–Crippen MR) is 110 cm³/mol. The van der Waals surface area contributed by atoms with Crippen molar-refractivity contribution in [2.24, 2.45) is 7.05 Å². The van der Waals surface area contributed by atoms with Crippen LogP contribution in [0.25, 0.3) is 22.3 Å². The topological polar surface area (TPSA) is 97.7 Å². The summed E-state index contributed by atoms with van der Waals surface area (Å²) in [5.41, 5.74) is 2.54. The van der Waals surface area contributed by atoms with Crippen molar-refractivity contribution in [2.75, 3.05) is 13.7 Å². The Bertz CT molecular complexity index is 1280. The molecule has 11 heteroatoms. The maximum atomic E-state index is 12.4. The molecule has 8 nitrogen and oxygen atoms in total. The minimum Gasteiger partial charge on any atom is -0.496 e. The molecule has 0 bridgehead atoms. The van der Waals surface area contributed by atoms with Crippen LogP contribution in [0.1, 0.15) is 21.7 Å². The smallest absolute Gasteiger partial charge is 0.405 e. The third-order valence-electron chi connectivity index (χ3n) is 4.87. The van der Waals surface area contributed by atoms with E-state index in [2.05, 4.69) is 20.3 Å². The van der Waals surface area contributed by atoms with Gasteiger partial charge in [-0.05, 0) is 29.8 Å². The molecular formula is C21H19F3N6O2. The molecule has 0 spiro atoms. The van der Waals surface area contributed by atoms with Gasteiger partial charge in [-0.25, -0.2) is 4.98 Å². The third kappa shape index (κ3) is 4.56. The van der Waals surface area contributed by atoms with Crippen LogP contribution in [0.2, 0.25) is 0 Å². The average Bonchev–Trinajstić information content (AvgIpc) is 3.37. The minimum absolute atomic E-state index is 0.00920. The van der Waals surface area contributed by atoms with Gasteiger partial charge < -0.3 is 10.1 Å². The van der Waals surface area contributed by atoms with E-state index in [9.17, 15) is 18.0 Å². The number of alkyl halides is 3. The fourth-order valence-electron chi connectivity index (χ4n) is 3.27. The monoisotopic (exact) mass is 444 g/mol. The molecule has 2 aromatic carbocycles. The lowest BCUT2D eigenvalue weighted by molar-refractivity contribution is -0.123. The zero-order valence-electron chi connectivity index (χ0n) is 17.2. The zero-order chi connectivity index (χ0) is 22.9. The molecular weight excluding hydrogens is 425 g/mol. The molecule has 4 aromatic rings. The van der Waals surface area contributed by atoms with Crippen molar-refractivity contribution in [1.82, 2.24) is 30.3 Å². The van der Waals surface area contributed by atoms with Crippen molar-refractivity contribution in [3.05, 3.63) is 59.5 Å². The summed E-state index contributed by atoms with van der Waals surface area (Å²) in [6, 6.07) is 10.4. The Morgan fingerprint density at radius 2 is 2.03 bits per heavy atom. The summed E-state index contributed by atoms with van der Waals surface area (Å²) in [6.07, 6.45) is -2.21. The Balaban J connectivity index is 1.56. The summed E-state index contributed by atoms with van der Waals surface area (Å²) in [6.45, 7) is -1.42. The molecule has 0 saturated heterocycles. The van der Waals surface area contributed by atoms with Crippen molar-refractivity contribution in [2.45, 2.75) is 12.6 Å². The number of benzene rings is 2. The quantitative estimate of drug-likeness (QED) is 0.476. The van der Waals surface area contributed by atoms with Crippen LogP contribution < -0.4 is 10.1 Å². The van der Waals surface area contributed by atoms with Crippen LogP contribution in [0.15, 0.2) is 42.6 Å². The summed E-state index contributed by atoms with van der Waals surface area (Å²) >= 11 is 0. The fraction of sp³-hybridized carbons (Fsp3) is 0.238. The predicted octanol–water partition coefficient (Wildman–Crippen LogP) is 3.25. The largest absolute Gasteiger partial charge is 0.496 e. The number of carbonyl (C=O) groups excluding carboxylic acids is 1. The number of H-pyrrole nitrogens is 1. The second kappa shape index (κ2) is 8.33. The van der Waals surface area contributed by atoms with Gasteiger partial charge in [0, 0.05) is 24.4 Å². The molecule has 0 aliphatic carbocycles. The minimum atomic E-state index is -4.50. The van der Waals surface area contributed by atoms with E-state index in [0.717, 1.165) is 16.5 Å². The van der Waals surface area contributed by atoms with E-state index in [1.54, 1.807) is 24.0 Å². The van der Waals surface area contributed by atoms with Crippen molar-refractivity contribution < 1.29 is 22.7 Å². The molecule has 0 atom stereocenters. The fourth-order valence-corrected chi connectivity index (χ4v) is 3.27. The van der Waals surface area contributed by atoms with Crippen molar-refractivity contribution in [3.8, 4) is 17.1 Å². The van der Waals surface area contributed by atoms with Gasteiger partial charge in [-0.1, -0.05) is 12.1 Å². The number of rotatable bonds is 6. The molecule has 2 aromatic heterocycles. The molecule has 0 aliphatic rings. The van der Waals surface area contributed by atoms with Crippen LogP contribution in [0, 0.1) is 0 Å². The highest BCUT2D eigenvalue weighted by Crippen LogP contribution is 2.26. The number of hydrogen-bond acceptors (Lipinski definition) is 5. The van der Waals surface area contributed by atoms with Crippen LogP contribution in [0.4, 0.5) is 13.2 Å². The first-order chi connectivity index (χ1) is 15.2. The molecule has 2 N–H and O–H groups in total. The average molecular weight is 444 g/mol. The number of aryl methyl sites for hydroxylation is 1. The normalized spacial score (nSPS) is 11.7. The maximum absolute atomic E-state index is 12.4. The molecule has 0 aliphatic heterocycles. The molecule has 0 saturated carbocycles. The number of nitrogens with zero attached hydrogens (tertiary/aromatic N) is 4. The van der Waals surface area contributed by atoms with Gasteiger partial charge >= 0.3 is 6.18 Å². The SMILES string of the molecule is COc1cc(-c2nc(Cc3ccc4[nH]ncc4c3)n(C)n2)ccc1C(=O)NCC(F)(F)F. The number of carbonyl (C=O) groups is 1. The van der Waals surface area contributed by atoms with E-state index < -0.39 is 18.6 Å². The zero-order valence-corrected chi connectivity index (χ0v) is 17.2. The van der Waals surface area contributed by atoms with Gasteiger partial charge in [0.2, 0.25) is 0 Å². The van der Waals surface area contributed by atoms with E-state index in [4.69, 9.17) is 4.74 Å². The summed E-state index contributed by atoms with van der Waals surface area (Å²) in [7, 11) is 3.11. The molecule has 1 amide bonds. The van der Waals surface area contributed by atoms with E-state index >= 15 is 0 Å². The second-order valence-electron chi connectivity index (χ2n) is 7.16. The lowest BCUT2D eigenvalue weighted by Gasteiger charge is -2.11. The molecule has 0 unspecified atom stereocenters. The Labute approximate surface area is 180 Å². The summed E-state index contributed by atoms with van der Waals surface area (Å²) in [4.78, 5) is 16.7. The Kier molecular flexibility index (Phi) is 5.56. The molecule has 4 rings (SSSR count). The third-order valence-corrected chi connectivity index (χ3v) is 4.87. The van der Waals surface area contributed by atoms with Gasteiger partial charge in [-0.3, -0.25) is 14.6 Å². The van der Waals surface area contributed by atoms with Gasteiger partial charge in [0.1, 0.15) is 18.1 Å². The first-order valence-corrected chi connectivity index (χ1v) is 9.59. The first-order valence-electron chi connectivity index (χ1n) is 9.59. The first kappa shape index (κ1) is 21.3. The Morgan fingerprint density at radius 3 is 2.78 bits per heavy atom. The Hall–Kier alpha value is -3.89. The van der Waals surface area contributed by atoms with Crippen molar-refractivity contribution in [1.29, 1.82) is 0 Å². The number of amides is 1. The van der Waals surface area contributed by atoms with Gasteiger partial charge in [-0.2, -0.15) is 23.4 Å². The van der Waals surface area contributed by atoms with Crippen LogP contribution in [-0.4, -0.2) is 50.7 Å². The van der Waals surface area contributed by atoms with E-state index in [1.807, 2.05) is 23.5 Å². The number of nitrogens with one attached hydrogen (secondary N) is 2. The molecule has 2 heterocycles. The highest BCUT2D eigenvalue weighted by atomic mass is 19.4. The Morgan fingerprint density at radius 1 is 1.22 bits per heavy atom. The number of methoxy groups -OCH3 is 1. The number of aromatic nitrogens is 5. The number of fused-ring (bicyclic) bond motifs is 1. The highest BCUT2D eigenvalue weighted by Gasteiger charge is 2.28. The van der Waals surface area contributed by atoms with Gasteiger partial charge in [0.25, 0.3) is 5.91 Å². The van der Waals surface area contributed by atoms with Gasteiger partial charge in [0.15, 0.2) is 5.82 Å². The van der Waals surface area contributed by atoms with Gasteiger partial charge in [0.05, 0.1) is 24.4 Å². The summed E-state index contributed by atoms with van der Waals surface area (Å²) in [5.74, 6) is 0.373. The maximum Gasteiger partial charge on any atom is 0.405 e. The summed E-state index contributed by atoms with van der Waals surface area (Å²) < 4.78 is 44.0. The van der Waals surface area contributed by atoms with Crippen LogP contribution in [-0.2, 0) is 13.5 Å². The molecule has 32 heavy (non-hydrogen) atoms. The lowest BCUT2D eigenvalue weighted by atomic mass is 10.1. The van der Waals surface area contributed by atoms with Gasteiger partial charge in [-0.15, -0.1) is 0 Å². The number of aromatic amines is 1. The van der Waals surface area contributed by atoms with Crippen LogP contribution in [0.5, 0.6) is 5.75 Å².